The van der Waals surface area contributed by atoms with Crippen molar-refractivity contribution in [1.29, 1.82) is 0 Å². The fraction of sp³-hybridized carbons (Fsp3) is 0.100. The van der Waals surface area contributed by atoms with Gasteiger partial charge in [0, 0.05) is 17.6 Å². The number of nitrogens with one attached hydrogen (secondary N) is 2. The highest BCUT2D eigenvalue weighted by atomic mass is 19.4. The molecule has 8 heteroatoms. The van der Waals surface area contributed by atoms with E-state index in [2.05, 4.69) is 20.4 Å². The van der Waals surface area contributed by atoms with Gasteiger partial charge in [-0.3, -0.25) is 4.79 Å². The van der Waals surface area contributed by atoms with E-state index < -0.39 is 12.3 Å². The molecule has 2 aromatic carbocycles. The Balaban J connectivity index is 1.73. The van der Waals surface area contributed by atoms with E-state index in [-0.39, 0.29) is 5.75 Å². The van der Waals surface area contributed by atoms with Crippen LogP contribution in [-0.4, -0.2) is 17.3 Å². The molecule has 3 rings (SSSR count). The summed E-state index contributed by atoms with van der Waals surface area (Å²) in [5.41, 5.74) is 2.48. The number of nitrogens with zero attached hydrogens (tertiary/aromatic N) is 1. The summed E-state index contributed by atoms with van der Waals surface area (Å²) in [6, 6.07) is 15.7. The summed E-state index contributed by atoms with van der Waals surface area (Å²) in [6.07, 6.45) is -3.21. The Hall–Kier alpha value is -3.55. The summed E-state index contributed by atoms with van der Waals surface area (Å²) < 4.78 is 40.4. The topological polar surface area (TPSA) is 63.2 Å². The number of ether oxygens (including phenoxy) is 1. The van der Waals surface area contributed by atoms with Crippen LogP contribution in [-0.2, 0) is 0 Å². The molecular formula is C20H16F3N3O2. The number of benzene rings is 2. The van der Waals surface area contributed by atoms with Gasteiger partial charge in [0.1, 0.15) is 11.6 Å². The third-order valence-electron chi connectivity index (χ3n) is 3.71. The van der Waals surface area contributed by atoms with Gasteiger partial charge in [0.05, 0.1) is 5.56 Å². The minimum absolute atomic E-state index is 0.290. The van der Waals surface area contributed by atoms with Gasteiger partial charge < -0.3 is 15.4 Å². The second-order valence-electron chi connectivity index (χ2n) is 5.92. The SMILES string of the molecule is Cc1ccc(Nc2ncccc2C(=O)Nc2ccc(OC(F)(F)F)cc2)cc1. The monoisotopic (exact) mass is 387 g/mol. The van der Waals surface area contributed by atoms with Crippen LogP contribution < -0.4 is 15.4 Å². The number of alkyl halides is 3. The summed E-state index contributed by atoms with van der Waals surface area (Å²) in [4.78, 5) is 16.8. The zero-order valence-electron chi connectivity index (χ0n) is 14.7. The highest BCUT2D eigenvalue weighted by Gasteiger charge is 2.31. The average molecular weight is 387 g/mol. The lowest BCUT2D eigenvalue weighted by atomic mass is 10.2. The second kappa shape index (κ2) is 7.99. The predicted octanol–water partition coefficient (Wildman–Crippen LogP) is 5.28. The summed E-state index contributed by atoms with van der Waals surface area (Å²) in [7, 11) is 0. The van der Waals surface area contributed by atoms with Crippen molar-refractivity contribution >= 4 is 23.1 Å². The number of pyridine rings is 1. The summed E-state index contributed by atoms with van der Waals surface area (Å²) in [6.45, 7) is 1.97. The molecule has 0 aliphatic carbocycles. The Bertz CT molecular complexity index is 956. The molecule has 0 aliphatic heterocycles. The normalized spacial score (nSPS) is 11.0. The van der Waals surface area contributed by atoms with Gasteiger partial charge in [-0.25, -0.2) is 4.98 Å². The second-order valence-corrected chi connectivity index (χ2v) is 5.92. The smallest absolute Gasteiger partial charge is 0.406 e. The molecule has 0 aliphatic rings. The minimum Gasteiger partial charge on any atom is -0.406 e. The molecule has 0 saturated carbocycles. The van der Waals surface area contributed by atoms with Gasteiger partial charge >= 0.3 is 6.36 Å². The lowest BCUT2D eigenvalue weighted by molar-refractivity contribution is -0.274. The maximum absolute atomic E-state index is 12.6. The Morgan fingerprint density at radius 2 is 1.61 bits per heavy atom. The summed E-state index contributed by atoms with van der Waals surface area (Å²) in [5, 5.41) is 5.71. The summed E-state index contributed by atoms with van der Waals surface area (Å²) >= 11 is 0. The van der Waals surface area contributed by atoms with Crippen LogP contribution in [0.5, 0.6) is 5.75 Å². The molecule has 0 spiro atoms. The van der Waals surface area contributed by atoms with Crippen molar-refractivity contribution in [2.75, 3.05) is 10.6 Å². The van der Waals surface area contributed by atoms with Crippen LogP contribution >= 0.6 is 0 Å². The maximum atomic E-state index is 12.6. The van der Waals surface area contributed by atoms with Crippen molar-refractivity contribution in [2.45, 2.75) is 13.3 Å². The van der Waals surface area contributed by atoms with Gasteiger partial charge in [0.25, 0.3) is 5.91 Å². The Kier molecular flexibility index (Phi) is 5.49. The van der Waals surface area contributed by atoms with Gasteiger partial charge in [-0.15, -0.1) is 13.2 Å². The van der Waals surface area contributed by atoms with E-state index in [1.807, 2.05) is 31.2 Å². The molecule has 28 heavy (non-hydrogen) atoms. The fourth-order valence-corrected chi connectivity index (χ4v) is 2.40. The van der Waals surface area contributed by atoms with Gasteiger partial charge in [-0.05, 0) is 55.5 Å². The van der Waals surface area contributed by atoms with E-state index in [4.69, 9.17) is 0 Å². The van der Waals surface area contributed by atoms with E-state index in [1.54, 1.807) is 18.3 Å². The van der Waals surface area contributed by atoms with Gasteiger partial charge in [0.15, 0.2) is 0 Å². The molecule has 3 aromatic rings. The van der Waals surface area contributed by atoms with Crippen LogP contribution in [0.1, 0.15) is 15.9 Å². The molecule has 0 radical (unpaired) electrons. The zero-order chi connectivity index (χ0) is 20.1. The van der Waals surface area contributed by atoms with Crippen molar-refractivity contribution in [3.05, 3.63) is 78.0 Å². The van der Waals surface area contributed by atoms with Crippen molar-refractivity contribution in [2.24, 2.45) is 0 Å². The Morgan fingerprint density at radius 3 is 2.25 bits per heavy atom. The molecule has 1 amide bonds. The van der Waals surface area contributed by atoms with E-state index in [9.17, 15) is 18.0 Å². The summed E-state index contributed by atoms with van der Waals surface area (Å²) in [5.74, 6) is -0.457. The van der Waals surface area contributed by atoms with E-state index in [0.717, 1.165) is 23.4 Å². The molecule has 5 nitrogen and oxygen atoms in total. The fourth-order valence-electron chi connectivity index (χ4n) is 2.40. The number of aryl methyl sites for hydroxylation is 1. The van der Waals surface area contributed by atoms with Crippen molar-refractivity contribution in [1.82, 2.24) is 4.98 Å². The standard InChI is InChI=1S/C20H16F3N3O2/c1-13-4-6-14(7-5-13)25-18-17(3-2-12-24-18)19(27)26-15-8-10-16(11-9-15)28-20(21,22)23/h2-12H,1H3,(H,24,25)(H,26,27). The molecule has 0 bridgehead atoms. The quantitative estimate of drug-likeness (QED) is 0.625. The molecular weight excluding hydrogens is 371 g/mol. The number of rotatable bonds is 5. The predicted molar refractivity (Wildman–Crippen MR) is 99.8 cm³/mol. The van der Waals surface area contributed by atoms with Crippen molar-refractivity contribution in [3.8, 4) is 5.75 Å². The third-order valence-corrected chi connectivity index (χ3v) is 3.71. The molecule has 2 N–H and O–H groups in total. The van der Waals surface area contributed by atoms with Crippen LogP contribution in [0.3, 0.4) is 0 Å². The van der Waals surface area contributed by atoms with Crippen LogP contribution in [0.15, 0.2) is 66.9 Å². The number of amides is 1. The minimum atomic E-state index is -4.77. The van der Waals surface area contributed by atoms with Crippen LogP contribution in [0.25, 0.3) is 0 Å². The first-order valence-corrected chi connectivity index (χ1v) is 8.26. The van der Waals surface area contributed by atoms with E-state index >= 15 is 0 Å². The molecule has 1 aromatic heterocycles. The molecule has 0 fully saturated rings. The molecule has 1 heterocycles. The molecule has 0 unspecified atom stereocenters. The Morgan fingerprint density at radius 1 is 0.964 bits per heavy atom. The highest BCUT2D eigenvalue weighted by Crippen LogP contribution is 2.25. The van der Waals surface area contributed by atoms with Crippen molar-refractivity contribution in [3.63, 3.8) is 0 Å². The first-order chi connectivity index (χ1) is 13.3. The van der Waals surface area contributed by atoms with Gasteiger partial charge in [-0.2, -0.15) is 0 Å². The third kappa shape index (κ3) is 5.23. The molecule has 144 valence electrons. The number of hydrogen-bond donors (Lipinski definition) is 2. The molecule has 0 atom stereocenters. The van der Waals surface area contributed by atoms with E-state index in [0.29, 0.717) is 17.1 Å². The number of halogens is 3. The first-order valence-electron chi connectivity index (χ1n) is 8.26. The lowest BCUT2D eigenvalue weighted by Gasteiger charge is -2.12. The Labute approximate surface area is 159 Å². The zero-order valence-corrected chi connectivity index (χ0v) is 14.7. The molecule has 0 saturated heterocycles. The van der Waals surface area contributed by atoms with Crippen LogP contribution in [0, 0.1) is 6.92 Å². The van der Waals surface area contributed by atoms with Gasteiger partial charge in [0.2, 0.25) is 0 Å². The van der Waals surface area contributed by atoms with Crippen LogP contribution in [0.4, 0.5) is 30.4 Å². The number of carbonyl (C=O) groups excluding carboxylic acids is 1. The van der Waals surface area contributed by atoms with Gasteiger partial charge in [-0.1, -0.05) is 17.7 Å². The maximum Gasteiger partial charge on any atom is 0.573 e. The van der Waals surface area contributed by atoms with E-state index in [1.165, 1.54) is 12.1 Å². The highest BCUT2D eigenvalue weighted by molar-refractivity contribution is 6.07. The van der Waals surface area contributed by atoms with Crippen LogP contribution in [0.2, 0.25) is 0 Å². The number of carbonyl (C=O) groups is 1. The lowest BCUT2D eigenvalue weighted by Crippen LogP contribution is -2.17. The van der Waals surface area contributed by atoms with Crippen molar-refractivity contribution < 1.29 is 22.7 Å². The first kappa shape index (κ1) is 19.2. The average Bonchev–Trinajstić information content (AvgIpc) is 2.64. The largest absolute Gasteiger partial charge is 0.573 e. The number of aromatic nitrogens is 1. The number of anilines is 3. The number of hydrogen-bond acceptors (Lipinski definition) is 4.